The number of H-pyrrole nitrogens is 2. The van der Waals surface area contributed by atoms with Crippen molar-refractivity contribution in [2.24, 2.45) is 0 Å². The summed E-state index contributed by atoms with van der Waals surface area (Å²) < 4.78 is 31.6. The minimum Gasteiger partial charge on any atom is -0.412 e. The molecule has 0 fully saturated rings. The van der Waals surface area contributed by atoms with Gasteiger partial charge in [0.25, 0.3) is 0 Å². The fourth-order valence-electron chi connectivity index (χ4n) is 2.94. The van der Waals surface area contributed by atoms with Gasteiger partial charge in [0.05, 0.1) is 22.8 Å². The SMILES string of the molecule is C1=Cc2cc3ccc(cc4nc(cc5ccc(cc1n2)[nH]5)C=C4)[nH]3.O.O=S(=O)(O)O. The van der Waals surface area contributed by atoms with Gasteiger partial charge in [-0.05, 0) is 72.8 Å². The Morgan fingerprint density at radius 1 is 0.600 bits per heavy atom. The Morgan fingerprint density at radius 2 is 0.833 bits per heavy atom. The standard InChI is InChI=1S/C20H14N4.H2O4S.H2O/c1-2-14-10-16-5-6-18(23-16)12-20-8-7-19(24-20)11-17-4-3-15(22-17)9-13(1)21-14;1-5(2,3)4;/h1-12,21,24H;(H2,1,2,3,4);1H2. The molecule has 30 heavy (non-hydrogen) atoms. The normalized spacial score (nSPS) is 12.1. The lowest BCUT2D eigenvalue weighted by molar-refractivity contribution is 0.381. The Bertz CT molecular complexity index is 1220. The predicted octanol–water partition coefficient (Wildman–Crippen LogP) is 3.18. The molecule has 6 N–H and O–H groups in total. The molecule has 2 aliphatic heterocycles. The van der Waals surface area contributed by atoms with Crippen molar-refractivity contribution in [1.29, 1.82) is 0 Å². The van der Waals surface area contributed by atoms with E-state index in [1.54, 1.807) is 0 Å². The van der Waals surface area contributed by atoms with Crippen LogP contribution >= 0.6 is 0 Å². The highest BCUT2D eigenvalue weighted by molar-refractivity contribution is 7.79. The topological polar surface area (TPSA) is 163 Å². The van der Waals surface area contributed by atoms with Crippen molar-refractivity contribution in [3.8, 4) is 0 Å². The number of rotatable bonds is 0. The van der Waals surface area contributed by atoms with Crippen LogP contribution in [0.3, 0.4) is 0 Å². The number of nitrogens with one attached hydrogen (secondary N) is 2. The molecule has 0 radical (unpaired) electrons. The van der Waals surface area contributed by atoms with E-state index in [0.29, 0.717) is 0 Å². The van der Waals surface area contributed by atoms with E-state index in [4.69, 9.17) is 17.5 Å². The third-order valence-corrected chi connectivity index (χ3v) is 4.04. The van der Waals surface area contributed by atoms with Gasteiger partial charge >= 0.3 is 10.4 Å². The van der Waals surface area contributed by atoms with Crippen LogP contribution in [-0.4, -0.2) is 42.9 Å². The van der Waals surface area contributed by atoms with Crippen LogP contribution < -0.4 is 0 Å². The van der Waals surface area contributed by atoms with Gasteiger partial charge in [-0.15, -0.1) is 0 Å². The number of hydrogen-bond acceptors (Lipinski definition) is 4. The van der Waals surface area contributed by atoms with E-state index in [1.807, 2.05) is 48.6 Å². The lowest BCUT2D eigenvalue weighted by atomic mass is 10.3. The second-order valence-corrected chi connectivity index (χ2v) is 7.25. The first-order chi connectivity index (χ1) is 13.8. The van der Waals surface area contributed by atoms with Gasteiger partial charge in [0.15, 0.2) is 0 Å². The Labute approximate surface area is 171 Å². The summed E-state index contributed by atoms with van der Waals surface area (Å²) in [7, 11) is -4.67. The van der Waals surface area contributed by atoms with Crippen molar-refractivity contribution in [3.63, 3.8) is 0 Å². The molecule has 0 atom stereocenters. The molecule has 0 unspecified atom stereocenters. The van der Waals surface area contributed by atoms with Crippen LogP contribution in [0.25, 0.3) is 46.4 Å². The van der Waals surface area contributed by atoms with Crippen molar-refractivity contribution >= 4 is 56.8 Å². The maximum atomic E-state index is 8.74. The van der Waals surface area contributed by atoms with Crippen molar-refractivity contribution in [1.82, 2.24) is 19.9 Å². The summed E-state index contributed by atoms with van der Waals surface area (Å²) in [5, 5.41) is 0. The van der Waals surface area contributed by atoms with Crippen LogP contribution in [-0.2, 0) is 10.4 Å². The Hall–Kier alpha value is -3.57. The minimum atomic E-state index is -4.67. The fraction of sp³-hybridized carbons (Fsp3) is 0. The summed E-state index contributed by atoms with van der Waals surface area (Å²) in [5.74, 6) is 0. The zero-order valence-corrected chi connectivity index (χ0v) is 16.3. The summed E-state index contributed by atoms with van der Waals surface area (Å²) in [4.78, 5) is 16.0. The molecule has 3 aromatic rings. The molecule has 154 valence electrons. The van der Waals surface area contributed by atoms with Crippen LogP contribution in [0.1, 0.15) is 22.8 Å². The van der Waals surface area contributed by atoms with E-state index in [9.17, 15) is 0 Å². The van der Waals surface area contributed by atoms with Gasteiger partial charge < -0.3 is 15.4 Å². The molecule has 5 heterocycles. The van der Waals surface area contributed by atoms with Gasteiger partial charge in [0.1, 0.15) is 0 Å². The molecular weight excluding hydrogens is 408 g/mol. The van der Waals surface area contributed by atoms with Crippen LogP contribution in [0.2, 0.25) is 0 Å². The summed E-state index contributed by atoms with van der Waals surface area (Å²) in [5.41, 5.74) is 7.86. The Balaban J connectivity index is 0.000000386. The van der Waals surface area contributed by atoms with E-state index < -0.39 is 10.4 Å². The van der Waals surface area contributed by atoms with Crippen LogP contribution in [0.4, 0.5) is 0 Å². The second-order valence-electron chi connectivity index (χ2n) is 6.35. The number of aromatic amines is 2. The molecule has 8 bridgehead atoms. The summed E-state index contributed by atoms with van der Waals surface area (Å²) >= 11 is 0. The predicted molar refractivity (Wildman–Crippen MR) is 117 cm³/mol. The average molecular weight is 426 g/mol. The first-order valence-electron chi connectivity index (χ1n) is 8.55. The molecule has 2 aliphatic rings. The second kappa shape index (κ2) is 8.43. The molecule has 0 spiro atoms. The number of nitrogens with zero attached hydrogens (tertiary/aromatic N) is 2. The van der Waals surface area contributed by atoms with Gasteiger partial charge in [-0.3, -0.25) is 9.11 Å². The lowest BCUT2D eigenvalue weighted by Gasteiger charge is -1.85. The molecule has 9 nitrogen and oxygen atoms in total. The highest BCUT2D eigenvalue weighted by Crippen LogP contribution is 2.16. The number of hydrogen-bond donors (Lipinski definition) is 4. The van der Waals surface area contributed by atoms with Gasteiger partial charge in [-0.25, -0.2) is 9.97 Å². The quantitative estimate of drug-likeness (QED) is 0.278. The first kappa shape index (κ1) is 21.1. The Kier molecular flexibility index (Phi) is 5.94. The van der Waals surface area contributed by atoms with Crippen molar-refractivity contribution < 1.29 is 23.0 Å². The van der Waals surface area contributed by atoms with E-state index >= 15 is 0 Å². The van der Waals surface area contributed by atoms with E-state index in [2.05, 4.69) is 44.2 Å². The highest BCUT2D eigenvalue weighted by atomic mass is 32.3. The Morgan fingerprint density at radius 3 is 1.07 bits per heavy atom. The summed E-state index contributed by atoms with van der Waals surface area (Å²) in [6.45, 7) is 0. The molecule has 0 amide bonds. The van der Waals surface area contributed by atoms with Crippen molar-refractivity contribution in [2.75, 3.05) is 0 Å². The third kappa shape index (κ3) is 5.72. The van der Waals surface area contributed by atoms with E-state index in [-0.39, 0.29) is 5.48 Å². The maximum absolute atomic E-state index is 8.74. The zero-order valence-electron chi connectivity index (χ0n) is 15.4. The molecule has 0 saturated carbocycles. The summed E-state index contributed by atoms with van der Waals surface area (Å²) in [6.07, 6.45) is 8.09. The minimum absolute atomic E-state index is 0. The van der Waals surface area contributed by atoms with Gasteiger partial charge in [0.2, 0.25) is 0 Å². The van der Waals surface area contributed by atoms with Crippen LogP contribution in [0.15, 0.2) is 48.5 Å². The van der Waals surface area contributed by atoms with Gasteiger partial charge in [0, 0.05) is 22.1 Å². The third-order valence-electron chi connectivity index (χ3n) is 4.04. The number of aromatic nitrogens is 4. The zero-order chi connectivity index (χ0) is 20.4. The fourth-order valence-corrected chi connectivity index (χ4v) is 2.94. The van der Waals surface area contributed by atoms with Crippen molar-refractivity contribution in [2.45, 2.75) is 0 Å². The van der Waals surface area contributed by atoms with Gasteiger partial charge in [-0.1, -0.05) is 0 Å². The smallest absolute Gasteiger partial charge is 0.394 e. The molecule has 0 saturated heterocycles. The van der Waals surface area contributed by atoms with E-state index in [0.717, 1.165) is 44.8 Å². The molecular formula is C20H18N4O5S. The highest BCUT2D eigenvalue weighted by Gasteiger charge is 2.01. The lowest BCUT2D eigenvalue weighted by Crippen LogP contribution is -1.89. The molecule has 0 aromatic carbocycles. The monoisotopic (exact) mass is 426 g/mol. The molecule has 3 aromatic heterocycles. The largest absolute Gasteiger partial charge is 0.412 e. The average Bonchev–Trinajstić information content (AvgIpc) is 3.38. The maximum Gasteiger partial charge on any atom is 0.394 e. The molecule has 5 rings (SSSR count). The first-order valence-corrected chi connectivity index (χ1v) is 9.94. The van der Waals surface area contributed by atoms with Crippen LogP contribution in [0.5, 0.6) is 0 Å². The van der Waals surface area contributed by atoms with Crippen LogP contribution in [0, 0.1) is 0 Å². The van der Waals surface area contributed by atoms with Crippen molar-refractivity contribution in [3.05, 3.63) is 71.3 Å². The molecule has 10 heteroatoms. The number of fused-ring (bicyclic) bond motifs is 8. The van der Waals surface area contributed by atoms with Gasteiger partial charge in [-0.2, -0.15) is 8.42 Å². The molecule has 0 aliphatic carbocycles. The summed E-state index contributed by atoms with van der Waals surface area (Å²) in [6, 6.07) is 16.4. The van der Waals surface area contributed by atoms with E-state index in [1.165, 1.54) is 0 Å².